The number of aromatic nitrogens is 1. The number of rotatable bonds is 9. The first kappa shape index (κ1) is 24.7. The number of likely N-dealkylation sites (N-methyl/N-ethyl adjacent to an activating group) is 1. The number of nitrogens with one attached hydrogen (secondary N) is 2. The SMILES string of the molecule is CCNC(=NCc1ccnc(N2CCN(CC)CC2)c1)NCC(C(C)C)N1CCOCC1. The fraction of sp³-hybridized carbons (Fsp3) is 0.750. The molecule has 32 heavy (non-hydrogen) atoms. The van der Waals surface area contributed by atoms with Crippen LogP contribution in [-0.2, 0) is 11.3 Å². The molecule has 0 spiro atoms. The van der Waals surface area contributed by atoms with E-state index in [0.717, 1.165) is 83.9 Å². The summed E-state index contributed by atoms with van der Waals surface area (Å²) in [5.41, 5.74) is 1.19. The topological polar surface area (TPSA) is 68.3 Å². The highest BCUT2D eigenvalue weighted by atomic mass is 16.5. The Balaban J connectivity index is 1.58. The Kier molecular flexibility index (Phi) is 10.0. The van der Waals surface area contributed by atoms with Crippen LogP contribution in [-0.4, -0.2) is 98.9 Å². The van der Waals surface area contributed by atoms with Gasteiger partial charge in [-0.25, -0.2) is 9.98 Å². The van der Waals surface area contributed by atoms with Crippen LogP contribution < -0.4 is 15.5 Å². The average Bonchev–Trinajstić information content (AvgIpc) is 2.83. The lowest BCUT2D eigenvalue weighted by Crippen LogP contribution is -2.52. The molecule has 1 atom stereocenters. The molecule has 8 nitrogen and oxygen atoms in total. The lowest BCUT2D eigenvalue weighted by atomic mass is 10.0. The second kappa shape index (κ2) is 13.0. The Labute approximate surface area is 194 Å². The number of piperazine rings is 1. The molecule has 8 heteroatoms. The molecule has 1 unspecified atom stereocenters. The first-order valence-corrected chi connectivity index (χ1v) is 12.4. The minimum Gasteiger partial charge on any atom is -0.379 e. The molecule has 0 aromatic carbocycles. The van der Waals surface area contributed by atoms with E-state index in [1.165, 1.54) is 5.56 Å². The van der Waals surface area contributed by atoms with Crippen LogP contribution in [0.25, 0.3) is 0 Å². The van der Waals surface area contributed by atoms with Crippen molar-refractivity contribution >= 4 is 11.8 Å². The van der Waals surface area contributed by atoms with Gasteiger partial charge >= 0.3 is 0 Å². The number of aliphatic imine (C=N–C) groups is 1. The first-order valence-electron chi connectivity index (χ1n) is 12.4. The van der Waals surface area contributed by atoms with Crippen LogP contribution in [0.4, 0.5) is 5.82 Å². The zero-order valence-corrected chi connectivity index (χ0v) is 20.5. The maximum Gasteiger partial charge on any atom is 0.191 e. The van der Waals surface area contributed by atoms with Crippen molar-refractivity contribution in [2.75, 3.05) is 77.0 Å². The van der Waals surface area contributed by atoms with E-state index in [9.17, 15) is 0 Å². The normalized spacial score (nSPS) is 19.9. The average molecular weight is 446 g/mol. The van der Waals surface area contributed by atoms with Crippen LogP contribution in [0.3, 0.4) is 0 Å². The summed E-state index contributed by atoms with van der Waals surface area (Å²) in [5, 5.41) is 6.99. The van der Waals surface area contributed by atoms with E-state index < -0.39 is 0 Å². The Bertz CT molecular complexity index is 697. The molecule has 0 bridgehead atoms. The molecule has 3 rings (SSSR count). The van der Waals surface area contributed by atoms with Crippen molar-refractivity contribution in [1.82, 2.24) is 25.4 Å². The van der Waals surface area contributed by atoms with Gasteiger partial charge in [-0.3, -0.25) is 4.90 Å². The molecule has 2 aliphatic heterocycles. The predicted molar refractivity (Wildman–Crippen MR) is 132 cm³/mol. The second-order valence-corrected chi connectivity index (χ2v) is 8.98. The van der Waals surface area contributed by atoms with Crippen LogP contribution in [0.1, 0.15) is 33.3 Å². The van der Waals surface area contributed by atoms with Gasteiger partial charge in [0, 0.05) is 64.6 Å². The van der Waals surface area contributed by atoms with Gasteiger partial charge in [-0.1, -0.05) is 20.8 Å². The molecular formula is C24H43N7O. The van der Waals surface area contributed by atoms with Gasteiger partial charge in [0.15, 0.2) is 5.96 Å². The van der Waals surface area contributed by atoms with E-state index in [-0.39, 0.29) is 0 Å². The van der Waals surface area contributed by atoms with Gasteiger partial charge in [-0.15, -0.1) is 0 Å². The van der Waals surface area contributed by atoms with Crippen molar-refractivity contribution in [1.29, 1.82) is 0 Å². The molecule has 3 heterocycles. The molecule has 0 aliphatic carbocycles. The van der Waals surface area contributed by atoms with Gasteiger partial charge in [0.2, 0.25) is 0 Å². The molecule has 2 saturated heterocycles. The summed E-state index contributed by atoms with van der Waals surface area (Å²) in [5.74, 6) is 2.51. The van der Waals surface area contributed by atoms with Crippen molar-refractivity contribution in [3.8, 4) is 0 Å². The monoisotopic (exact) mass is 445 g/mol. The standard InChI is InChI=1S/C24H43N7O/c1-5-25-24(28-19-22(20(3)4)30-13-15-32-16-14-30)27-18-21-7-8-26-23(17-21)31-11-9-29(6-2)10-12-31/h7-8,17,20,22H,5-6,9-16,18-19H2,1-4H3,(H2,25,27,28). The summed E-state index contributed by atoms with van der Waals surface area (Å²) in [4.78, 5) is 16.9. The van der Waals surface area contributed by atoms with Gasteiger partial charge in [-0.05, 0) is 37.1 Å². The lowest BCUT2D eigenvalue weighted by molar-refractivity contribution is 0.00752. The zero-order valence-electron chi connectivity index (χ0n) is 20.5. The second-order valence-electron chi connectivity index (χ2n) is 8.98. The van der Waals surface area contributed by atoms with Crippen molar-refractivity contribution in [3.63, 3.8) is 0 Å². The molecule has 0 saturated carbocycles. The van der Waals surface area contributed by atoms with Crippen LogP contribution in [0.5, 0.6) is 0 Å². The van der Waals surface area contributed by atoms with Gasteiger partial charge in [0.05, 0.1) is 19.8 Å². The Morgan fingerprint density at radius 3 is 2.50 bits per heavy atom. The summed E-state index contributed by atoms with van der Waals surface area (Å²) in [6.45, 7) is 20.4. The first-order chi connectivity index (χ1) is 15.6. The highest BCUT2D eigenvalue weighted by molar-refractivity contribution is 5.79. The molecule has 2 N–H and O–H groups in total. The third-order valence-electron chi connectivity index (χ3n) is 6.48. The molecule has 1 aromatic heterocycles. The minimum atomic E-state index is 0.470. The molecule has 2 fully saturated rings. The van der Waals surface area contributed by atoms with E-state index >= 15 is 0 Å². The number of hydrogen-bond donors (Lipinski definition) is 2. The van der Waals surface area contributed by atoms with E-state index in [0.29, 0.717) is 18.5 Å². The largest absolute Gasteiger partial charge is 0.379 e. The fourth-order valence-corrected chi connectivity index (χ4v) is 4.43. The fourth-order valence-electron chi connectivity index (χ4n) is 4.43. The Morgan fingerprint density at radius 2 is 1.84 bits per heavy atom. The maximum atomic E-state index is 5.54. The van der Waals surface area contributed by atoms with Gasteiger partial charge in [0.25, 0.3) is 0 Å². The summed E-state index contributed by atoms with van der Waals surface area (Å²) < 4.78 is 5.54. The Hall–Kier alpha value is -1.90. The van der Waals surface area contributed by atoms with E-state index in [1.807, 2.05) is 6.20 Å². The van der Waals surface area contributed by atoms with Gasteiger partial charge in [-0.2, -0.15) is 0 Å². The molecule has 0 amide bonds. The number of anilines is 1. The van der Waals surface area contributed by atoms with Gasteiger partial charge in [0.1, 0.15) is 5.82 Å². The lowest BCUT2D eigenvalue weighted by Gasteiger charge is -2.37. The smallest absolute Gasteiger partial charge is 0.191 e. The van der Waals surface area contributed by atoms with Crippen LogP contribution >= 0.6 is 0 Å². The highest BCUT2D eigenvalue weighted by Crippen LogP contribution is 2.16. The van der Waals surface area contributed by atoms with Crippen molar-refractivity contribution in [2.24, 2.45) is 10.9 Å². The summed E-state index contributed by atoms with van der Waals surface area (Å²) in [6, 6.07) is 4.74. The molecule has 180 valence electrons. The van der Waals surface area contributed by atoms with Crippen LogP contribution in [0.2, 0.25) is 0 Å². The van der Waals surface area contributed by atoms with E-state index in [1.54, 1.807) is 0 Å². The quantitative estimate of drug-likeness (QED) is 0.442. The number of ether oxygens (including phenoxy) is 1. The molecule has 0 radical (unpaired) electrons. The van der Waals surface area contributed by atoms with E-state index in [2.05, 4.69) is 70.1 Å². The highest BCUT2D eigenvalue weighted by Gasteiger charge is 2.24. The zero-order chi connectivity index (χ0) is 22.8. The number of pyridine rings is 1. The third kappa shape index (κ3) is 7.32. The predicted octanol–water partition coefficient (Wildman–Crippen LogP) is 1.64. The summed E-state index contributed by atoms with van der Waals surface area (Å²) >= 11 is 0. The maximum absolute atomic E-state index is 5.54. The van der Waals surface area contributed by atoms with Crippen molar-refractivity contribution in [3.05, 3.63) is 23.9 Å². The van der Waals surface area contributed by atoms with Gasteiger partial charge < -0.3 is 25.2 Å². The molecule has 1 aromatic rings. The minimum absolute atomic E-state index is 0.470. The van der Waals surface area contributed by atoms with Crippen molar-refractivity contribution in [2.45, 2.75) is 40.3 Å². The van der Waals surface area contributed by atoms with Crippen LogP contribution in [0, 0.1) is 5.92 Å². The van der Waals surface area contributed by atoms with Crippen molar-refractivity contribution < 1.29 is 4.74 Å². The number of nitrogens with zero attached hydrogens (tertiary/aromatic N) is 5. The van der Waals surface area contributed by atoms with Crippen LogP contribution in [0.15, 0.2) is 23.3 Å². The Morgan fingerprint density at radius 1 is 1.09 bits per heavy atom. The number of morpholine rings is 1. The molecule has 2 aliphatic rings. The third-order valence-corrected chi connectivity index (χ3v) is 6.48. The number of guanidine groups is 1. The summed E-state index contributed by atoms with van der Waals surface area (Å²) in [7, 11) is 0. The summed E-state index contributed by atoms with van der Waals surface area (Å²) in [6.07, 6.45) is 1.92. The molecular weight excluding hydrogens is 402 g/mol. The number of hydrogen-bond acceptors (Lipinski definition) is 6. The van der Waals surface area contributed by atoms with E-state index in [4.69, 9.17) is 9.73 Å².